The van der Waals surface area contributed by atoms with E-state index in [1.54, 1.807) is 11.3 Å². The van der Waals surface area contributed by atoms with Crippen molar-refractivity contribution in [3.05, 3.63) is 51.5 Å². The van der Waals surface area contributed by atoms with Gasteiger partial charge in [0.05, 0.1) is 16.7 Å². The second kappa shape index (κ2) is 7.00. The van der Waals surface area contributed by atoms with Gasteiger partial charge in [-0.2, -0.15) is 0 Å². The van der Waals surface area contributed by atoms with Crippen LogP contribution in [0.2, 0.25) is 0 Å². The van der Waals surface area contributed by atoms with Crippen LogP contribution in [-0.2, 0) is 12.8 Å². The van der Waals surface area contributed by atoms with Gasteiger partial charge in [-0.15, -0.1) is 11.3 Å². The SMILES string of the molecule is CCc1nc(C(Cc2ccc(C(C)C)cc2)NC)cs1. The summed E-state index contributed by atoms with van der Waals surface area (Å²) >= 11 is 1.76. The lowest BCUT2D eigenvalue weighted by Crippen LogP contribution is -2.19. The number of thiazole rings is 1. The summed E-state index contributed by atoms with van der Waals surface area (Å²) < 4.78 is 0. The summed E-state index contributed by atoms with van der Waals surface area (Å²) in [5.74, 6) is 0.592. The summed E-state index contributed by atoms with van der Waals surface area (Å²) in [6.07, 6.45) is 2.01. The van der Waals surface area contributed by atoms with Gasteiger partial charge in [-0.1, -0.05) is 45.0 Å². The van der Waals surface area contributed by atoms with Crippen LogP contribution in [0.3, 0.4) is 0 Å². The van der Waals surface area contributed by atoms with Gasteiger partial charge < -0.3 is 5.32 Å². The lowest BCUT2D eigenvalue weighted by molar-refractivity contribution is 0.577. The molecule has 0 aliphatic carbocycles. The van der Waals surface area contributed by atoms with E-state index in [1.807, 2.05) is 7.05 Å². The van der Waals surface area contributed by atoms with Crippen LogP contribution in [0.4, 0.5) is 0 Å². The van der Waals surface area contributed by atoms with Crippen LogP contribution in [0, 0.1) is 0 Å². The fourth-order valence-corrected chi connectivity index (χ4v) is 3.07. The van der Waals surface area contributed by atoms with E-state index in [1.165, 1.54) is 21.8 Å². The van der Waals surface area contributed by atoms with Gasteiger partial charge in [-0.3, -0.25) is 0 Å². The Morgan fingerprint density at radius 3 is 2.40 bits per heavy atom. The first-order valence-electron chi connectivity index (χ1n) is 7.34. The van der Waals surface area contributed by atoms with E-state index >= 15 is 0 Å². The molecule has 0 aliphatic rings. The highest BCUT2D eigenvalue weighted by molar-refractivity contribution is 7.09. The Labute approximate surface area is 126 Å². The van der Waals surface area contributed by atoms with Gasteiger partial charge in [0.15, 0.2) is 0 Å². The summed E-state index contributed by atoms with van der Waals surface area (Å²) in [6, 6.07) is 9.27. The zero-order chi connectivity index (χ0) is 14.5. The van der Waals surface area contributed by atoms with Crippen LogP contribution in [0.5, 0.6) is 0 Å². The quantitative estimate of drug-likeness (QED) is 0.855. The summed E-state index contributed by atoms with van der Waals surface area (Å²) in [7, 11) is 2.01. The molecule has 1 aromatic heterocycles. The number of aromatic nitrogens is 1. The molecule has 3 heteroatoms. The number of rotatable bonds is 6. The molecule has 2 rings (SSSR count). The zero-order valence-electron chi connectivity index (χ0n) is 12.8. The predicted octanol–water partition coefficient (Wildman–Crippen LogP) is 4.33. The smallest absolute Gasteiger partial charge is 0.0926 e. The average Bonchev–Trinajstić information content (AvgIpc) is 2.94. The van der Waals surface area contributed by atoms with E-state index in [9.17, 15) is 0 Å². The van der Waals surface area contributed by atoms with E-state index in [2.05, 4.69) is 55.7 Å². The van der Waals surface area contributed by atoms with Gasteiger partial charge in [0.1, 0.15) is 0 Å². The molecule has 0 spiro atoms. The van der Waals surface area contributed by atoms with Crippen LogP contribution >= 0.6 is 11.3 Å². The van der Waals surface area contributed by atoms with Gasteiger partial charge >= 0.3 is 0 Å². The minimum Gasteiger partial charge on any atom is -0.311 e. The Morgan fingerprint density at radius 2 is 1.90 bits per heavy atom. The molecule has 0 saturated carbocycles. The van der Waals surface area contributed by atoms with Crippen LogP contribution in [0.1, 0.15) is 54.6 Å². The van der Waals surface area contributed by atoms with Crippen LogP contribution < -0.4 is 5.32 Å². The second-order valence-electron chi connectivity index (χ2n) is 5.46. The first-order valence-corrected chi connectivity index (χ1v) is 8.22. The first-order chi connectivity index (χ1) is 9.63. The molecule has 1 aromatic carbocycles. The zero-order valence-corrected chi connectivity index (χ0v) is 13.6. The lowest BCUT2D eigenvalue weighted by atomic mass is 9.98. The molecule has 108 valence electrons. The molecule has 0 saturated heterocycles. The van der Waals surface area contributed by atoms with E-state index < -0.39 is 0 Å². The molecule has 0 bridgehead atoms. The topological polar surface area (TPSA) is 24.9 Å². The molecule has 1 unspecified atom stereocenters. The van der Waals surface area contributed by atoms with E-state index in [0.29, 0.717) is 12.0 Å². The highest BCUT2D eigenvalue weighted by Crippen LogP contribution is 2.22. The minimum absolute atomic E-state index is 0.302. The number of likely N-dealkylation sites (N-methyl/N-ethyl adjacent to an activating group) is 1. The van der Waals surface area contributed by atoms with Gasteiger partial charge in [-0.25, -0.2) is 4.98 Å². The molecule has 2 nitrogen and oxygen atoms in total. The van der Waals surface area contributed by atoms with Gasteiger partial charge in [0.25, 0.3) is 0 Å². The Balaban J connectivity index is 2.09. The normalized spacial score (nSPS) is 12.8. The maximum atomic E-state index is 4.70. The summed E-state index contributed by atoms with van der Waals surface area (Å²) in [6.45, 7) is 6.61. The standard InChI is InChI=1S/C17H24N2S/c1-5-17-19-16(11-20-17)15(18-4)10-13-6-8-14(9-7-13)12(2)3/h6-9,11-12,15,18H,5,10H2,1-4H3. The van der Waals surface area contributed by atoms with Crippen molar-refractivity contribution in [2.45, 2.75) is 45.6 Å². The van der Waals surface area contributed by atoms with Crippen molar-refractivity contribution in [1.29, 1.82) is 0 Å². The molecular formula is C17H24N2S. The predicted molar refractivity (Wildman–Crippen MR) is 87.5 cm³/mol. The van der Waals surface area contributed by atoms with Crippen LogP contribution in [-0.4, -0.2) is 12.0 Å². The molecule has 0 aliphatic heterocycles. The van der Waals surface area contributed by atoms with E-state index in [4.69, 9.17) is 4.98 Å². The lowest BCUT2D eigenvalue weighted by Gasteiger charge is -2.14. The summed E-state index contributed by atoms with van der Waals surface area (Å²) in [5.41, 5.74) is 3.93. The highest BCUT2D eigenvalue weighted by Gasteiger charge is 2.13. The average molecular weight is 288 g/mol. The molecule has 0 amide bonds. The highest BCUT2D eigenvalue weighted by atomic mass is 32.1. The molecule has 1 N–H and O–H groups in total. The minimum atomic E-state index is 0.302. The molecule has 1 atom stereocenters. The third kappa shape index (κ3) is 3.68. The Morgan fingerprint density at radius 1 is 1.20 bits per heavy atom. The third-order valence-corrected chi connectivity index (χ3v) is 4.68. The Kier molecular flexibility index (Phi) is 5.32. The Hall–Kier alpha value is -1.19. The monoisotopic (exact) mass is 288 g/mol. The molecule has 1 heterocycles. The molecule has 0 fully saturated rings. The number of nitrogens with one attached hydrogen (secondary N) is 1. The second-order valence-corrected chi connectivity index (χ2v) is 6.40. The number of hydrogen-bond acceptors (Lipinski definition) is 3. The van der Waals surface area contributed by atoms with Gasteiger partial charge in [0, 0.05) is 5.38 Å². The van der Waals surface area contributed by atoms with Gasteiger partial charge in [-0.05, 0) is 36.9 Å². The van der Waals surface area contributed by atoms with Crippen LogP contribution in [0.15, 0.2) is 29.6 Å². The fraction of sp³-hybridized carbons (Fsp3) is 0.471. The maximum Gasteiger partial charge on any atom is 0.0926 e. The number of benzene rings is 1. The number of nitrogens with zero attached hydrogens (tertiary/aromatic N) is 1. The van der Waals surface area contributed by atoms with Crippen molar-refractivity contribution in [1.82, 2.24) is 10.3 Å². The first kappa shape index (κ1) is 15.2. The van der Waals surface area contributed by atoms with Crippen molar-refractivity contribution in [2.75, 3.05) is 7.05 Å². The molecule has 0 radical (unpaired) electrons. The molecule has 20 heavy (non-hydrogen) atoms. The maximum absolute atomic E-state index is 4.70. The van der Waals surface area contributed by atoms with Crippen molar-refractivity contribution in [3.8, 4) is 0 Å². The molecule has 2 aromatic rings. The van der Waals surface area contributed by atoms with Crippen molar-refractivity contribution >= 4 is 11.3 Å². The van der Waals surface area contributed by atoms with Crippen molar-refractivity contribution in [2.24, 2.45) is 0 Å². The third-order valence-electron chi connectivity index (χ3n) is 3.66. The largest absolute Gasteiger partial charge is 0.311 e. The molecular weight excluding hydrogens is 264 g/mol. The van der Waals surface area contributed by atoms with Crippen molar-refractivity contribution in [3.63, 3.8) is 0 Å². The van der Waals surface area contributed by atoms with Crippen LogP contribution in [0.25, 0.3) is 0 Å². The Bertz CT molecular complexity index is 528. The van der Waals surface area contributed by atoms with Crippen molar-refractivity contribution < 1.29 is 0 Å². The fourth-order valence-electron chi connectivity index (χ4n) is 2.28. The van der Waals surface area contributed by atoms with Gasteiger partial charge in [0.2, 0.25) is 0 Å². The summed E-state index contributed by atoms with van der Waals surface area (Å²) in [5, 5.41) is 6.79. The number of hydrogen-bond donors (Lipinski definition) is 1. The number of aryl methyl sites for hydroxylation is 1. The van der Waals surface area contributed by atoms with E-state index in [0.717, 1.165) is 12.8 Å². The van der Waals surface area contributed by atoms with E-state index in [-0.39, 0.29) is 0 Å². The summed E-state index contributed by atoms with van der Waals surface area (Å²) in [4.78, 5) is 4.70.